The van der Waals surface area contributed by atoms with Crippen molar-refractivity contribution in [2.24, 2.45) is 0 Å². The number of nitro groups is 1. The Morgan fingerprint density at radius 1 is 1.63 bits per heavy atom. The van der Waals surface area contributed by atoms with Crippen LogP contribution in [0.5, 0.6) is 11.5 Å². The average Bonchev–Trinajstić information content (AvgIpc) is 2.81. The molecule has 0 saturated heterocycles. The monoisotopic (exact) mass is 263 g/mol. The minimum atomic E-state index is -0.359. The van der Waals surface area contributed by atoms with Crippen LogP contribution in [0.3, 0.4) is 0 Å². The van der Waals surface area contributed by atoms with Gasteiger partial charge in [-0.05, 0) is 19.8 Å². The van der Waals surface area contributed by atoms with E-state index >= 15 is 0 Å². The van der Waals surface area contributed by atoms with E-state index in [4.69, 9.17) is 9.47 Å². The second-order valence-corrected chi connectivity index (χ2v) is 4.39. The Morgan fingerprint density at radius 3 is 2.89 bits per heavy atom. The van der Waals surface area contributed by atoms with Gasteiger partial charge < -0.3 is 9.47 Å². The number of nitrogens with zero attached hydrogens (tertiary/aromatic N) is 1. The average molecular weight is 263 g/mol. The summed E-state index contributed by atoms with van der Waals surface area (Å²) in [5.41, 5.74) is 1.70. The lowest BCUT2D eigenvalue weighted by Gasteiger charge is -2.15. The third-order valence-electron chi connectivity index (χ3n) is 3.43. The molecule has 0 fully saturated rings. The van der Waals surface area contributed by atoms with Crippen molar-refractivity contribution in [1.82, 2.24) is 0 Å². The van der Waals surface area contributed by atoms with Gasteiger partial charge in [-0.3, -0.25) is 10.1 Å². The van der Waals surface area contributed by atoms with Crippen molar-refractivity contribution in [3.8, 4) is 11.5 Å². The summed E-state index contributed by atoms with van der Waals surface area (Å²) in [5.74, 6) is 1.08. The van der Waals surface area contributed by atoms with E-state index in [0.717, 1.165) is 24.0 Å². The molecule has 0 aromatic heterocycles. The highest BCUT2D eigenvalue weighted by atomic mass is 16.6. The minimum absolute atomic E-state index is 0.0139. The van der Waals surface area contributed by atoms with Gasteiger partial charge in [-0.25, -0.2) is 0 Å². The van der Waals surface area contributed by atoms with Crippen LogP contribution >= 0.6 is 0 Å². The highest BCUT2D eigenvalue weighted by Crippen LogP contribution is 2.48. The van der Waals surface area contributed by atoms with Crippen molar-refractivity contribution in [2.45, 2.75) is 25.7 Å². The lowest BCUT2D eigenvalue weighted by molar-refractivity contribution is -0.385. The predicted octanol–water partition coefficient (Wildman–Crippen LogP) is 3.22. The molecule has 0 heterocycles. The normalized spacial score (nSPS) is 16.8. The standard InChI is InChI=1S/C14H17NO4/c1-4-9-6-7-10-13(9)11(15(16)17)8-12(19-5-2)14(10)18-3/h4,8-9H,1,5-7H2,2-3H3. The van der Waals surface area contributed by atoms with Crippen LogP contribution < -0.4 is 9.47 Å². The van der Waals surface area contributed by atoms with E-state index in [-0.39, 0.29) is 16.5 Å². The van der Waals surface area contributed by atoms with Crippen LogP contribution in [0.2, 0.25) is 0 Å². The van der Waals surface area contributed by atoms with Crippen LogP contribution in [0, 0.1) is 10.1 Å². The van der Waals surface area contributed by atoms with Crippen molar-refractivity contribution in [3.05, 3.63) is 40.0 Å². The van der Waals surface area contributed by atoms with Crippen molar-refractivity contribution >= 4 is 5.69 Å². The second kappa shape index (κ2) is 5.30. The number of allylic oxidation sites excluding steroid dienone is 1. The Balaban J connectivity index is 2.68. The van der Waals surface area contributed by atoms with Gasteiger partial charge in [-0.2, -0.15) is 0 Å². The van der Waals surface area contributed by atoms with Gasteiger partial charge in [0, 0.05) is 17.0 Å². The molecule has 0 spiro atoms. The van der Waals surface area contributed by atoms with Crippen molar-refractivity contribution in [2.75, 3.05) is 13.7 Å². The first-order chi connectivity index (χ1) is 9.13. The fraction of sp³-hybridized carbons (Fsp3) is 0.429. The molecule has 1 aliphatic rings. The summed E-state index contributed by atoms with van der Waals surface area (Å²) in [5, 5.41) is 11.3. The summed E-state index contributed by atoms with van der Waals surface area (Å²) in [6.07, 6.45) is 3.33. The van der Waals surface area contributed by atoms with Gasteiger partial charge in [0.1, 0.15) is 0 Å². The lowest BCUT2D eigenvalue weighted by atomic mass is 9.98. The van der Waals surface area contributed by atoms with E-state index in [1.165, 1.54) is 6.07 Å². The maximum absolute atomic E-state index is 11.3. The summed E-state index contributed by atoms with van der Waals surface area (Å²) >= 11 is 0. The van der Waals surface area contributed by atoms with Gasteiger partial charge in [-0.1, -0.05) is 6.08 Å². The first kappa shape index (κ1) is 13.4. The molecule has 1 aromatic rings. The van der Waals surface area contributed by atoms with Gasteiger partial charge >= 0.3 is 0 Å². The SMILES string of the molecule is C=CC1CCc2c(OC)c(OCC)cc([N+](=O)[O-])c21. The zero-order chi connectivity index (χ0) is 14.0. The molecule has 0 N–H and O–H groups in total. The van der Waals surface area contributed by atoms with E-state index in [9.17, 15) is 10.1 Å². The fourth-order valence-corrected chi connectivity index (χ4v) is 2.67. The van der Waals surface area contributed by atoms with Crippen LogP contribution in [0.25, 0.3) is 0 Å². The summed E-state index contributed by atoms with van der Waals surface area (Å²) < 4.78 is 10.8. The first-order valence-electron chi connectivity index (χ1n) is 6.27. The summed E-state index contributed by atoms with van der Waals surface area (Å²) in [6.45, 7) is 6.04. The summed E-state index contributed by atoms with van der Waals surface area (Å²) in [4.78, 5) is 10.9. The number of rotatable bonds is 5. The molecule has 0 saturated carbocycles. The Hall–Kier alpha value is -2.04. The molecule has 0 aliphatic heterocycles. The van der Waals surface area contributed by atoms with Crippen LogP contribution in [-0.2, 0) is 6.42 Å². The van der Waals surface area contributed by atoms with Gasteiger partial charge in [-0.15, -0.1) is 6.58 Å². The maximum Gasteiger partial charge on any atom is 0.277 e. The minimum Gasteiger partial charge on any atom is -0.493 e. The third kappa shape index (κ3) is 2.16. The third-order valence-corrected chi connectivity index (χ3v) is 3.43. The quantitative estimate of drug-likeness (QED) is 0.465. The maximum atomic E-state index is 11.3. The fourth-order valence-electron chi connectivity index (χ4n) is 2.67. The summed E-state index contributed by atoms with van der Waals surface area (Å²) in [6, 6.07) is 1.46. The number of methoxy groups -OCH3 is 1. The molecule has 1 atom stereocenters. The van der Waals surface area contributed by atoms with Gasteiger partial charge in [0.25, 0.3) is 5.69 Å². The van der Waals surface area contributed by atoms with E-state index < -0.39 is 0 Å². The predicted molar refractivity (Wildman–Crippen MR) is 72.1 cm³/mol. The first-order valence-corrected chi connectivity index (χ1v) is 6.27. The van der Waals surface area contributed by atoms with E-state index in [1.54, 1.807) is 13.2 Å². The molecular formula is C14H17NO4. The Morgan fingerprint density at radius 2 is 2.37 bits per heavy atom. The molecule has 5 heteroatoms. The van der Waals surface area contributed by atoms with Crippen LogP contribution in [0.15, 0.2) is 18.7 Å². The molecule has 0 bridgehead atoms. The van der Waals surface area contributed by atoms with Crippen molar-refractivity contribution in [1.29, 1.82) is 0 Å². The largest absolute Gasteiger partial charge is 0.493 e. The lowest BCUT2D eigenvalue weighted by Crippen LogP contribution is -2.03. The molecule has 0 radical (unpaired) electrons. The molecule has 5 nitrogen and oxygen atoms in total. The molecule has 1 unspecified atom stereocenters. The Kier molecular flexibility index (Phi) is 3.74. The molecule has 2 rings (SSSR count). The number of fused-ring (bicyclic) bond motifs is 1. The molecule has 102 valence electrons. The number of nitro benzene ring substituents is 1. The van der Waals surface area contributed by atoms with E-state index in [0.29, 0.717) is 18.1 Å². The van der Waals surface area contributed by atoms with E-state index in [1.807, 2.05) is 6.92 Å². The number of ether oxygens (including phenoxy) is 2. The second-order valence-electron chi connectivity index (χ2n) is 4.39. The highest BCUT2D eigenvalue weighted by Gasteiger charge is 2.34. The van der Waals surface area contributed by atoms with Crippen molar-refractivity contribution < 1.29 is 14.4 Å². The van der Waals surface area contributed by atoms with Crippen molar-refractivity contribution in [3.63, 3.8) is 0 Å². The van der Waals surface area contributed by atoms with Crippen LogP contribution in [0.1, 0.15) is 30.4 Å². The number of benzene rings is 1. The number of hydrogen-bond donors (Lipinski definition) is 0. The smallest absolute Gasteiger partial charge is 0.277 e. The summed E-state index contributed by atoms with van der Waals surface area (Å²) in [7, 11) is 1.56. The molecule has 19 heavy (non-hydrogen) atoms. The van der Waals surface area contributed by atoms with E-state index in [2.05, 4.69) is 6.58 Å². The highest BCUT2D eigenvalue weighted by molar-refractivity contribution is 5.64. The molecule has 1 aliphatic carbocycles. The molecular weight excluding hydrogens is 246 g/mol. The van der Waals surface area contributed by atoms with Crippen LogP contribution in [0.4, 0.5) is 5.69 Å². The Labute approximate surface area is 112 Å². The van der Waals surface area contributed by atoms with Gasteiger partial charge in [0.15, 0.2) is 11.5 Å². The zero-order valence-corrected chi connectivity index (χ0v) is 11.1. The molecule has 0 amide bonds. The van der Waals surface area contributed by atoms with Crippen LogP contribution in [-0.4, -0.2) is 18.6 Å². The topological polar surface area (TPSA) is 61.6 Å². The van der Waals surface area contributed by atoms with Gasteiger partial charge in [0.05, 0.1) is 24.7 Å². The number of hydrogen-bond acceptors (Lipinski definition) is 4. The zero-order valence-electron chi connectivity index (χ0n) is 11.1. The molecule has 1 aromatic carbocycles. The Bertz CT molecular complexity index is 525. The van der Waals surface area contributed by atoms with Gasteiger partial charge in [0.2, 0.25) is 0 Å².